The lowest BCUT2D eigenvalue weighted by atomic mass is 10.0. The van der Waals surface area contributed by atoms with Gasteiger partial charge in [-0.2, -0.15) is 0 Å². The number of nitrogens with one attached hydrogen (secondary N) is 1. The maximum absolute atomic E-state index is 5.54. The Labute approximate surface area is 172 Å². The van der Waals surface area contributed by atoms with Gasteiger partial charge in [-0.1, -0.05) is 25.7 Å². The van der Waals surface area contributed by atoms with Crippen LogP contribution in [0.5, 0.6) is 5.88 Å². The number of likely N-dealkylation sites (N-methyl/N-ethyl adjacent to an activating group) is 1. The molecule has 2 aromatic heterocycles. The van der Waals surface area contributed by atoms with E-state index >= 15 is 0 Å². The molecule has 150 valence electrons. The van der Waals surface area contributed by atoms with Crippen LogP contribution in [0.4, 0.5) is 5.69 Å². The van der Waals surface area contributed by atoms with Crippen molar-refractivity contribution in [2.24, 2.45) is 5.92 Å². The molecule has 0 bridgehead atoms. The Morgan fingerprint density at radius 1 is 1.21 bits per heavy atom. The molecule has 6 heteroatoms. The van der Waals surface area contributed by atoms with Crippen molar-refractivity contribution in [3.8, 4) is 5.88 Å². The van der Waals surface area contributed by atoms with Crippen LogP contribution in [0.1, 0.15) is 42.6 Å². The number of fused-ring (bicyclic) bond motifs is 1. The van der Waals surface area contributed by atoms with Gasteiger partial charge in [-0.3, -0.25) is 4.98 Å². The maximum Gasteiger partial charge on any atom is 0.238 e. The predicted octanol–water partition coefficient (Wildman–Crippen LogP) is 4.37. The standard InChI is InChI=1S/C22H30N4OS/c1-26-11-9-17-14-21(22(27-2)24-20(17)10-12-26)25-28-19-8-7-18(23-15-19)13-16-5-3-4-6-16/h7-8,14-16,25H,3-6,9-13H2,1-2H3. The molecule has 0 saturated heterocycles. The van der Waals surface area contributed by atoms with Crippen LogP contribution in [0.3, 0.4) is 0 Å². The second-order valence-corrected chi connectivity index (χ2v) is 8.88. The smallest absolute Gasteiger partial charge is 0.238 e. The minimum absolute atomic E-state index is 0.668. The number of methoxy groups -OCH3 is 1. The van der Waals surface area contributed by atoms with E-state index in [4.69, 9.17) is 9.72 Å². The van der Waals surface area contributed by atoms with Crippen LogP contribution >= 0.6 is 11.9 Å². The van der Waals surface area contributed by atoms with Crippen LogP contribution < -0.4 is 9.46 Å². The lowest BCUT2D eigenvalue weighted by Gasteiger charge is -2.14. The number of rotatable bonds is 6. The molecule has 28 heavy (non-hydrogen) atoms. The summed E-state index contributed by atoms with van der Waals surface area (Å²) in [5.41, 5.74) is 4.63. The SMILES string of the molecule is COc1nc2c(cc1NSc1ccc(CC3CCCC3)nc1)CCN(C)CC2. The van der Waals surface area contributed by atoms with E-state index in [-0.39, 0.29) is 0 Å². The molecule has 1 saturated carbocycles. The van der Waals surface area contributed by atoms with Gasteiger partial charge in [-0.15, -0.1) is 0 Å². The highest BCUT2D eigenvalue weighted by Crippen LogP contribution is 2.31. The molecular weight excluding hydrogens is 368 g/mol. The lowest BCUT2D eigenvalue weighted by molar-refractivity contribution is 0.351. The lowest BCUT2D eigenvalue weighted by Crippen LogP contribution is -2.20. The summed E-state index contributed by atoms with van der Waals surface area (Å²) in [5.74, 6) is 1.50. The Kier molecular flexibility index (Phi) is 6.37. The first-order valence-electron chi connectivity index (χ1n) is 10.3. The van der Waals surface area contributed by atoms with Crippen molar-refractivity contribution in [1.29, 1.82) is 0 Å². The number of anilines is 1. The first-order chi connectivity index (χ1) is 13.7. The number of aromatic nitrogens is 2. The molecule has 3 heterocycles. The van der Waals surface area contributed by atoms with E-state index in [1.54, 1.807) is 19.1 Å². The van der Waals surface area contributed by atoms with Crippen molar-refractivity contribution in [1.82, 2.24) is 14.9 Å². The molecule has 1 N–H and O–H groups in total. The quantitative estimate of drug-likeness (QED) is 0.730. The summed E-state index contributed by atoms with van der Waals surface area (Å²) >= 11 is 1.57. The van der Waals surface area contributed by atoms with Crippen molar-refractivity contribution in [2.75, 3.05) is 32.0 Å². The van der Waals surface area contributed by atoms with Gasteiger partial charge in [0.1, 0.15) is 5.69 Å². The number of ether oxygens (including phenoxy) is 1. The molecule has 1 fully saturated rings. The van der Waals surface area contributed by atoms with Gasteiger partial charge < -0.3 is 14.4 Å². The third-order valence-corrected chi connectivity index (χ3v) is 6.69. The summed E-state index contributed by atoms with van der Waals surface area (Å²) in [5, 5.41) is 0. The third-order valence-electron chi connectivity index (χ3n) is 5.89. The van der Waals surface area contributed by atoms with Crippen LogP contribution in [0.2, 0.25) is 0 Å². The largest absolute Gasteiger partial charge is 0.479 e. The Hall–Kier alpha value is -1.79. The highest BCUT2D eigenvalue weighted by molar-refractivity contribution is 8.00. The fourth-order valence-corrected chi connectivity index (χ4v) is 4.79. The van der Waals surface area contributed by atoms with Crippen molar-refractivity contribution in [3.05, 3.63) is 41.3 Å². The number of hydrogen-bond acceptors (Lipinski definition) is 6. The van der Waals surface area contributed by atoms with E-state index in [2.05, 4.69) is 39.9 Å². The van der Waals surface area contributed by atoms with E-state index < -0.39 is 0 Å². The van der Waals surface area contributed by atoms with Crippen LogP contribution in [0, 0.1) is 5.92 Å². The number of pyridine rings is 2. The normalized spacial score (nSPS) is 17.9. The molecule has 4 rings (SSSR count). The van der Waals surface area contributed by atoms with Crippen LogP contribution in [0.25, 0.3) is 0 Å². The van der Waals surface area contributed by atoms with Gasteiger partial charge in [0.2, 0.25) is 5.88 Å². The zero-order valence-electron chi connectivity index (χ0n) is 16.9. The fraction of sp³-hybridized carbons (Fsp3) is 0.545. The van der Waals surface area contributed by atoms with Gasteiger partial charge in [0.25, 0.3) is 0 Å². The second kappa shape index (κ2) is 9.14. The average Bonchev–Trinajstić information content (AvgIpc) is 3.16. The number of hydrogen-bond donors (Lipinski definition) is 1. The molecule has 0 atom stereocenters. The van der Waals surface area contributed by atoms with Crippen LogP contribution in [0.15, 0.2) is 29.3 Å². The summed E-state index contributed by atoms with van der Waals surface area (Å²) in [7, 11) is 3.86. The van der Waals surface area contributed by atoms with Crippen LogP contribution in [-0.4, -0.2) is 42.1 Å². The molecule has 5 nitrogen and oxygen atoms in total. The molecule has 2 aromatic rings. The third kappa shape index (κ3) is 4.78. The predicted molar refractivity (Wildman–Crippen MR) is 115 cm³/mol. The first kappa shape index (κ1) is 19.5. The van der Waals surface area contributed by atoms with E-state index in [9.17, 15) is 0 Å². The average molecular weight is 399 g/mol. The van der Waals surface area contributed by atoms with Gasteiger partial charge in [0.05, 0.1) is 7.11 Å². The van der Waals surface area contributed by atoms with Gasteiger partial charge >= 0.3 is 0 Å². The minimum Gasteiger partial charge on any atom is -0.479 e. The first-order valence-corrected chi connectivity index (χ1v) is 11.2. The minimum atomic E-state index is 0.668. The van der Waals surface area contributed by atoms with E-state index in [1.165, 1.54) is 36.9 Å². The zero-order valence-corrected chi connectivity index (χ0v) is 17.7. The summed E-state index contributed by atoms with van der Waals surface area (Å²) < 4.78 is 8.98. The van der Waals surface area contributed by atoms with Crippen molar-refractivity contribution >= 4 is 17.6 Å². The summed E-state index contributed by atoms with van der Waals surface area (Å²) in [6.45, 7) is 2.11. The summed E-state index contributed by atoms with van der Waals surface area (Å²) in [6, 6.07) is 6.53. The molecule has 1 aliphatic carbocycles. The van der Waals surface area contributed by atoms with Gasteiger partial charge in [0.15, 0.2) is 0 Å². The molecule has 0 radical (unpaired) electrons. The van der Waals surface area contributed by atoms with Gasteiger partial charge in [0, 0.05) is 42.0 Å². The second-order valence-electron chi connectivity index (χ2n) is 8.00. The molecule has 0 unspecified atom stereocenters. The Balaban J connectivity index is 1.41. The van der Waals surface area contributed by atoms with E-state index in [0.29, 0.717) is 5.88 Å². The molecule has 0 spiro atoms. The van der Waals surface area contributed by atoms with E-state index in [1.807, 2.05) is 6.20 Å². The van der Waals surface area contributed by atoms with Crippen LogP contribution in [-0.2, 0) is 19.3 Å². The molecule has 1 aliphatic heterocycles. The zero-order chi connectivity index (χ0) is 19.3. The summed E-state index contributed by atoms with van der Waals surface area (Å²) in [4.78, 5) is 12.9. The molecule has 0 aromatic carbocycles. The maximum atomic E-state index is 5.54. The molecule has 0 amide bonds. The molecule has 2 aliphatic rings. The summed E-state index contributed by atoms with van der Waals surface area (Å²) in [6.07, 6.45) is 10.6. The molecular formula is C22H30N4OS. The monoisotopic (exact) mass is 398 g/mol. The fourth-order valence-electron chi connectivity index (χ4n) is 4.17. The highest BCUT2D eigenvalue weighted by Gasteiger charge is 2.18. The van der Waals surface area contributed by atoms with Crippen molar-refractivity contribution in [2.45, 2.75) is 49.8 Å². The van der Waals surface area contributed by atoms with E-state index in [0.717, 1.165) is 54.5 Å². The Morgan fingerprint density at radius 3 is 2.79 bits per heavy atom. The Bertz CT molecular complexity index is 790. The van der Waals surface area contributed by atoms with Gasteiger partial charge in [-0.05, 0) is 61.5 Å². The Morgan fingerprint density at radius 2 is 2.04 bits per heavy atom. The highest BCUT2D eigenvalue weighted by atomic mass is 32.2. The number of nitrogens with zero attached hydrogens (tertiary/aromatic N) is 3. The topological polar surface area (TPSA) is 50.3 Å². The van der Waals surface area contributed by atoms with Gasteiger partial charge in [-0.25, -0.2) is 4.98 Å². The van der Waals surface area contributed by atoms with Crippen molar-refractivity contribution < 1.29 is 4.74 Å². The van der Waals surface area contributed by atoms with Crippen molar-refractivity contribution in [3.63, 3.8) is 0 Å².